The Morgan fingerprint density at radius 3 is 2.50 bits per heavy atom. The molecule has 0 aromatic heterocycles. The molecule has 0 aliphatic carbocycles. The summed E-state index contributed by atoms with van der Waals surface area (Å²) in [5, 5.41) is 0. The minimum atomic E-state index is -0.516. The lowest BCUT2D eigenvalue weighted by Gasteiger charge is -2.13. The van der Waals surface area contributed by atoms with E-state index in [1.807, 2.05) is 0 Å². The zero-order valence-electron chi connectivity index (χ0n) is 10.5. The SMILES string of the molecule is CCCC[Si](CC)OCCc1ccccc1. The third-order valence-electron chi connectivity index (χ3n) is 2.74. The molecule has 1 nitrogen and oxygen atoms in total. The minimum absolute atomic E-state index is 0.516. The van der Waals surface area contributed by atoms with Crippen molar-refractivity contribution in [3.8, 4) is 0 Å². The van der Waals surface area contributed by atoms with Crippen LogP contribution in [0, 0.1) is 0 Å². The molecule has 2 heteroatoms. The van der Waals surface area contributed by atoms with Gasteiger partial charge in [-0.2, -0.15) is 0 Å². The zero-order valence-corrected chi connectivity index (χ0v) is 11.5. The van der Waals surface area contributed by atoms with E-state index < -0.39 is 9.04 Å². The highest BCUT2D eigenvalue weighted by molar-refractivity contribution is 6.51. The van der Waals surface area contributed by atoms with Gasteiger partial charge in [-0.1, -0.05) is 57.0 Å². The van der Waals surface area contributed by atoms with Gasteiger partial charge in [-0.15, -0.1) is 0 Å². The Labute approximate surface area is 102 Å². The van der Waals surface area contributed by atoms with Gasteiger partial charge in [0.25, 0.3) is 0 Å². The topological polar surface area (TPSA) is 9.23 Å². The molecule has 89 valence electrons. The van der Waals surface area contributed by atoms with Crippen LogP contribution in [0.25, 0.3) is 0 Å². The van der Waals surface area contributed by atoms with E-state index >= 15 is 0 Å². The number of hydrogen-bond donors (Lipinski definition) is 0. The molecule has 1 aromatic carbocycles. The van der Waals surface area contributed by atoms with E-state index in [-0.39, 0.29) is 0 Å². The summed E-state index contributed by atoms with van der Waals surface area (Å²) >= 11 is 0. The van der Waals surface area contributed by atoms with Gasteiger partial charge in [-0.3, -0.25) is 0 Å². The van der Waals surface area contributed by atoms with Crippen molar-refractivity contribution in [2.75, 3.05) is 6.61 Å². The molecular formula is C14H23OSi. The van der Waals surface area contributed by atoms with Crippen molar-refractivity contribution in [2.45, 2.75) is 45.2 Å². The molecule has 1 radical (unpaired) electrons. The van der Waals surface area contributed by atoms with Crippen molar-refractivity contribution in [3.63, 3.8) is 0 Å². The van der Waals surface area contributed by atoms with Crippen molar-refractivity contribution in [1.29, 1.82) is 0 Å². The van der Waals surface area contributed by atoms with Gasteiger partial charge in [0, 0.05) is 6.61 Å². The summed E-state index contributed by atoms with van der Waals surface area (Å²) in [5.74, 6) is 0. The number of benzene rings is 1. The summed E-state index contributed by atoms with van der Waals surface area (Å²) in [4.78, 5) is 0. The third kappa shape index (κ3) is 5.47. The second-order valence-corrected chi connectivity index (χ2v) is 6.65. The number of unbranched alkanes of at least 4 members (excludes halogenated alkanes) is 1. The van der Waals surface area contributed by atoms with E-state index in [0.717, 1.165) is 13.0 Å². The molecule has 0 aliphatic heterocycles. The summed E-state index contributed by atoms with van der Waals surface area (Å²) in [5.41, 5.74) is 1.38. The van der Waals surface area contributed by atoms with Crippen molar-refractivity contribution in [3.05, 3.63) is 35.9 Å². The first-order chi connectivity index (χ1) is 7.86. The zero-order chi connectivity index (χ0) is 11.6. The Morgan fingerprint density at radius 2 is 1.88 bits per heavy atom. The van der Waals surface area contributed by atoms with Crippen LogP contribution in [0.1, 0.15) is 32.3 Å². The molecule has 0 bridgehead atoms. The number of hydrogen-bond acceptors (Lipinski definition) is 1. The van der Waals surface area contributed by atoms with Crippen LogP contribution >= 0.6 is 0 Å². The van der Waals surface area contributed by atoms with E-state index in [4.69, 9.17) is 4.43 Å². The lowest BCUT2D eigenvalue weighted by atomic mass is 10.2. The monoisotopic (exact) mass is 235 g/mol. The highest BCUT2D eigenvalue weighted by Gasteiger charge is 2.09. The van der Waals surface area contributed by atoms with Crippen LogP contribution in [0.5, 0.6) is 0 Å². The predicted molar refractivity (Wildman–Crippen MR) is 72.0 cm³/mol. The first kappa shape index (κ1) is 13.5. The summed E-state index contributed by atoms with van der Waals surface area (Å²) in [6.07, 6.45) is 3.67. The highest BCUT2D eigenvalue weighted by Crippen LogP contribution is 2.08. The summed E-state index contributed by atoms with van der Waals surface area (Å²) in [7, 11) is -0.516. The number of rotatable bonds is 8. The lowest BCUT2D eigenvalue weighted by Crippen LogP contribution is -2.18. The van der Waals surface area contributed by atoms with Gasteiger partial charge in [-0.25, -0.2) is 0 Å². The van der Waals surface area contributed by atoms with E-state index in [9.17, 15) is 0 Å². The van der Waals surface area contributed by atoms with E-state index in [1.165, 1.54) is 30.5 Å². The molecule has 0 N–H and O–H groups in total. The van der Waals surface area contributed by atoms with E-state index in [2.05, 4.69) is 44.2 Å². The van der Waals surface area contributed by atoms with Crippen LogP contribution in [0.15, 0.2) is 30.3 Å². The minimum Gasteiger partial charge on any atom is -0.416 e. The Bertz CT molecular complexity index is 261. The third-order valence-corrected chi connectivity index (χ3v) is 5.06. The maximum atomic E-state index is 6.00. The van der Waals surface area contributed by atoms with Crippen LogP contribution < -0.4 is 0 Å². The maximum absolute atomic E-state index is 6.00. The van der Waals surface area contributed by atoms with Crippen molar-refractivity contribution in [2.24, 2.45) is 0 Å². The van der Waals surface area contributed by atoms with Gasteiger partial charge >= 0.3 is 0 Å². The Hall–Kier alpha value is -0.603. The van der Waals surface area contributed by atoms with Crippen molar-refractivity contribution >= 4 is 9.04 Å². The fourth-order valence-electron chi connectivity index (χ4n) is 1.68. The lowest BCUT2D eigenvalue weighted by molar-refractivity contribution is 0.322. The van der Waals surface area contributed by atoms with Crippen LogP contribution in [0.2, 0.25) is 12.1 Å². The second kappa shape index (κ2) is 8.54. The van der Waals surface area contributed by atoms with Gasteiger partial charge in [-0.05, 0) is 24.1 Å². The molecule has 0 atom stereocenters. The average molecular weight is 235 g/mol. The molecule has 0 saturated carbocycles. The molecule has 0 fully saturated rings. The van der Waals surface area contributed by atoms with Crippen LogP contribution in [-0.2, 0) is 10.8 Å². The normalized spacial score (nSPS) is 10.9. The van der Waals surface area contributed by atoms with Gasteiger partial charge in [0.2, 0.25) is 9.04 Å². The van der Waals surface area contributed by atoms with E-state index in [0.29, 0.717) is 0 Å². The molecule has 1 rings (SSSR count). The maximum Gasteiger partial charge on any atom is 0.211 e. The molecule has 0 spiro atoms. The van der Waals surface area contributed by atoms with Gasteiger partial charge < -0.3 is 4.43 Å². The second-order valence-electron chi connectivity index (χ2n) is 4.08. The van der Waals surface area contributed by atoms with Gasteiger partial charge in [0.05, 0.1) is 0 Å². The molecule has 0 amide bonds. The fraction of sp³-hybridized carbons (Fsp3) is 0.571. The molecule has 0 aliphatic rings. The first-order valence-electron chi connectivity index (χ1n) is 6.38. The molecular weight excluding hydrogens is 212 g/mol. The van der Waals surface area contributed by atoms with E-state index in [1.54, 1.807) is 0 Å². The molecule has 0 unspecified atom stereocenters. The van der Waals surface area contributed by atoms with Crippen LogP contribution in [0.4, 0.5) is 0 Å². The first-order valence-corrected chi connectivity index (χ1v) is 8.20. The fourth-order valence-corrected chi connectivity index (χ4v) is 3.52. The average Bonchev–Trinajstić information content (AvgIpc) is 2.35. The Morgan fingerprint density at radius 1 is 1.12 bits per heavy atom. The summed E-state index contributed by atoms with van der Waals surface area (Å²) < 4.78 is 6.00. The quantitative estimate of drug-likeness (QED) is 0.618. The van der Waals surface area contributed by atoms with Crippen molar-refractivity contribution < 1.29 is 4.43 Å². The highest BCUT2D eigenvalue weighted by atomic mass is 28.3. The molecule has 0 heterocycles. The molecule has 16 heavy (non-hydrogen) atoms. The van der Waals surface area contributed by atoms with Crippen molar-refractivity contribution in [1.82, 2.24) is 0 Å². The summed E-state index contributed by atoms with van der Waals surface area (Å²) in [6.45, 7) is 5.40. The Kier molecular flexibility index (Phi) is 7.18. The van der Waals surface area contributed by atoms with Gasteiger partial charge in [0.1, 0.15) is 0 Å². The van der Waals surface area contributed by atoms with Crippen LogP contribution in [0.3, 0.4) is 0 Å². The largest absolute Gasteiger partial charge is 0.416 e. The molecule has 0 saturated heterocycles. The summed E-state index contributed by atoms with van der Waals surface area (Å²) in [6, 6.07) is 13.1. The van der Waals surface area contributed by atoms with Crippen LogP contribution in [-0.4, -0.2) is 15.6 Å². The standard InChI is InChI=1S/C14H23OSi/c1-3-5-13-16(4-2)15-12-11-14-9-7-6-8-10-14/h6-10H,3-5,11-13H2,1-2H3. The van der Waals surface area contributed by atoms with Gasteiger partial charge in [0.15, 0.2) is 0 Å². The Balaban J connectivity index is 2.18. The molecule has 1 aromatic rings. The predicted octanol–water partition coefficient (Wildman–Crippen LogP) is 4.06. The smallest absolute Gasteiger partial charge is 0.211 e.